The molecule has 0 unspecified atom stereocenters. The highest BCUT2D eigenvalue weighted by Gasteiger charge is 2.54. The van der Waals surface area contributed by atoms with Crippen molar-refractivity contribution in [1.82, 2.24) is 15.3 Å². The number of hydrogen-bond donors (Lipinski definition) is 4. The summed E-state index contributed by atoms with van der Waals surface area (Å²) in [5, 5.41) is 12.6. The molecule has 4 atom stereocenters. The fraction of sp³-hybridized carbons (Fsp3) is 0.667. The molecule has 8 nitrogen and oxygen atoms in total. The second kappa shape index (κ2) is 4.52. The summed E-state index contributed by atoms with van der Waals surface area (Å²) in [7, 11) is 0. The Morgan fingerprint density at radius 3 is 2.80 bits per heavy atom. The lowest BCUT2D eigenvalue weighted by Gasteiger charge is -2.23. The van der Waals surface area contributed by atoms with Crippen molar-refractivity contribution < 1.29 is 14.6 Å². The maximum atomic E-state index is 12.0. The third kappa shape index (κ3) is 2.10. The lowest BCUT2D eigenvalue weighted by Crippen LogP contribution is -2.39. The lowest BCUT2D eigenvalue weighted by atomic mass is 10.0. The van der Waals surface area contributed by atoms with Gasteiger partial charge in [0.1, 0.15) is 12.2 Å². The number of aromatic amines is 1. The van der Waals surface area contributed by atoms with Gasteiger partial charge >= 0.3 is 0 Å². The first-order valence-corrected chi connectivity index (χ1v) is 6.48. The van der Waals surface area contributed by atoms with E-state index in [0.717, 1.165) is 0 Å². The van der Waals surface area contributed by atoms with Gasteiger partial charge in [0, 0.05) is 6.20 Å². The second-order valence-electron chi connectivity index (χ2n) is 5.55. The highest BCUT2D eigenvalue weighted by molar-refractivity contribution is 5.24. The zero-order valence-electron chi connectivity index (χ0n) is 11.3. The highest BCUT2D eigenvalue weighted by Crippen LogP contribution is 2.40. The molecular weight excluding hydrogens is 264 g/mol. The van der Waals surface area contributed by atoms with Gasteiger partial charge in [-0.05, 0) is 13.8 Å². The molecule has 20 heavy (non-hydrogen) atoms. The van der Waals surface area contributed by atoms with Gasteiger partial charge in [-0.3, -0.25) is 15.1 Å². The van der Waals surface area contributed by atoms with E-state index in [9.17, 15) is 9.90 Å². The molecule has 2 fully saturated rings. The molecule has 3 heterocycles. The van der Waals surface area contributed by atoms with Gasteiger partial charge in [0.2, 0.25) is 0 Å². The van der Waals surface area contributed by atoms with Gasteiger partial charge in [-0.25, -0.2) is 4.98 Å². The molecule has 0 aromatic carbocycles. The van der Waals surface area contributed by atoms with E-state index in [1.54, 1.807) is 0 Å². The molecule has 2 saturated heterocycles. The van der Waals surface area contributed by atoms with Gasteiger partial charge < -0.3 is 20.3 Å². The Morgan fingerprint density at radius 2 is 2.15 bits per heavy atom. The Balaban J connectivity index is 1.96. The molecule has 0 spiro atoms. The van der Waals surface area contributed by atoms with E-state index >= 15 is 0 Å². The van der Waals surface area contributed by atoms with Gasteiger partial charge in [-0.2, -0.15) is 0 Å². The van der Waals surface area contributed by atoms with E-state index in [-0.39, 0.29) is 36.4 Å². The van der Waals surface area contributed by atoms with Crippen LogP contribution in [0.3, 0.4) is 0 Å². The van der Waals surface area contributed by atoms with Crippen molar-refractivity contribution in [3.05, 3.63) is 22.1 Å². The van der Waals surface area contributed by atoms with Crippen molar-refractivity contribution in [3.8, 4) is 0 Å². The lowest BCUT2D eigenvalue weighted by molar-refractivity contribution is -0.157. The van der Waals surface area contributed by atoms with Crippen molar-refractivity contribution in [1.29, 1.82) is 0 Å². The zero-order valence-corrected chi connectivity index (χ0v) is 11.3. The van der Waals surface area contributed by atoms with E-state index in [2.05, 4.69) is 15.3 Å². The minimum Gasteiger partial charge on any atom is -0.395 e. The van der Waals surface area contributed by atoms with Gasteiger partial charge in [0.25, 0.3) is 5.56 Å². The van der Waals surface area contributed by atoms with Crippen LogP contribution in [0.4, 0.5) is 5.95 Å². The molecular formula is C12H18N4O4. The summed E-state index contributed by atoms with van der Waals surface area (Å²) < 4.78 is 11.6. The van der Waals surface area contributed by atoms with Crippen LogP contribution in [-0.2, 0) is 9.47 Å². The number of aliphatic hydroxyl groups excluding tert-OH is 1. The number of hydrogen-bond acceptors (Lipinski definition) is 7. The van der Waals surface area contributed by atoms with E-state index in [0.29, 0.717) is 5.56 Å². The van der Waals surface area contributed by atoms with Crippen LogP contribution in [-0.4, -0.2) is 45.7 Å². The van der Waals surface area contributed by atoms with Crippen molar-refractivity contribution in [3.63, 3.8) is 0 Å². The van der Waals surface area contributed by atoms with Crippen molar-refractivity contribution in [2.45, 2.75) is 43.9 Å². The minimum atomic E-state index is -0.739. The Hall–Kier alpha value is -1.48. The van der Waals surface area contributed by atoms with E-state index in [1.165, 1.54) is 6.20 Å². The summed E-state index contributed by atoms with van der Waals surface area (Å²) in [5.74, 6) is -0.673. The first-order chi connectivity index (χ1) is 9.41. The quantitative estimate of drug-likeness (QED) is 0.541. The third-order valence-corrected chi connectivity index (χ3v) is 3.66. The summed E-state index contributed by atoms with van der Waals surface area (Å²) in [6.45, 7) is 3.52. The number of ether oxygens (including phenoxy) is 2. The molecule has 1 aromatic rings. The smallest absolute Gasteiger partial charge is 0.257 e. The maximum Gasteiger partial charge on any atom is 0.257 e. The summed E-state index contributed by atoms with van der Waals surface area (Å²) in [6.07, 6.45) is 0.766. The Morgan fingerprint density at radius 1 is 1.45 bits per heavy atom. The minimum absolute atomic E-state index is 0.0657. The maximum absolute atomic E-state index is 12.0. The average molecular weight is 282 g/mol. The third-order valence-electron chi connectivity index (χ3n) is 3.66. The fourth-order valence-corrected chi connectivity index (χ4v) is 2.87. The summed E-state index contributed by atoms with van der Waals surface area (Å²) in [4.78, 5) is 18.4. The standard InChI is InChI=1S/C12H18N4O4/c1-12(2)19-8-6(4-17)15-7(9(8)20-12)5-3-14-11(13)16-10(5)18/h3,6-9,15,17H,4H2,1-2H3,(H3,13,14,16,18)/t6-,7+,8-,9+/m1/s1. The molecule has 3 rings (SSSR count). The molecule has 1 aromatic heterocycles. The van der Waals surface area contributed by atoms with Crippen molar-refractivity contribution >= 4 is 5.95 Å². The molecule has 8 heteroatoms. The second-order valence-corrected chi connectivity index (χ2v) is 5.55. The number of nitrogens with zero attached hydrogens (tertiary/aromatic N) is 1. The molecule has 110 valence electrons. The molecule has 2 aliphatic heterocycles. The van der Waals surface area contributed by atoms with Crippen LogP contribution in [0.2, 0.25) is 0 Å². The SMILES string of the molecule is CC1(C)O[C@@H]2[C@H](O1)[C@@H](CO)N[C@H]2c1cnc(N)[nH]c1=O. The van der Waals surface area contributed by atoms with Crippen LogP contribution in [0.15, 0.2) is 11.0 Å². The predicted molar refractivity (Wildman–Crippen MR) is 69.8 cm³/mol. The Bertz CT molecular complexity index is 573. The molecule has 0 bridgehead atoms. The first kappa shape index (κ1) is 13.5. The Labute approximate surface area is 115 Å². The number of aromatic nitrogens is 2. The van der Waals surface area contributed by atoms with E-state index in [1.807, 2.05) is 13.8 Å². The topological polar surface area (TPSA) is 122 Å². The molecule has 0 amide bonds. The van der Waals surface area contributed by atoms with Crippen molar-refractivity contribution in [2.75, 3.05) is 12.3 Å². The normalized spacial score (nSPS) is 35.1. The van der Waals surface area contributed by atoms with Crippen LogP contribution in [0.25, 0.3) is 0 Å². The van der Waals surface area contributed by atoms with Crippen LogP contribution in [0.5, 0.6) is 0 Å². The van der Waals surface area contributed by atoms with Crippen molar-refractivity contribution in [2.24, 2.45) is 0 Å². The van der Waals surface area contributed by atoms with Gasteiger partial charge in [-0.1, -0.05) is 0 Å². The molecule has 0 saturated carbocycles. The largest absolute Gasteiger partial charge is 0.395 e. The number of rotatable bonds is 2. The summed E-state index contributed by atoms with van der Waals surface area (Å²) in [5.41, 5.74) is 5.55. The number of aliphatic hydroxyl groups is 1. The van der Waals surface area contributed by atoms with Crippen LogP contribution < -0.4 is 16.6 Å². The fourth-order valence-electron chi connectivity index (χ4n) is 2.87. The van der Waals surface area contributed by atoms with Crippen LogP contribution in [0, 0.1) is 0 Å². The van der Waals surface area contributed by atoms with Gasteiger partial charge in [0.15, 0.2) is 11.7 Å². The zero-order chi connectivity index (χ0) is 14.5. The van der Waals surface area contributed by atoms with Gasteiger partial charge in [0.05, 0.1) is 24.3 Å². The first-order valence-electron chi connectivity index (χ1n) is 6.48. The molecule has 0 radical (unpaired) electrons. The monoisotopic (exact) mass is 282 g/mol. The molecule has 0 aliphatic carbocycles. The number of nitrogens with one attached hydrogen (secondary N) is 2. The van der Waals surface area contributed by atoms with Crippen LogP contribution in [0.1, 0.15) is 25.5 Å². The Kier molecular flexibility index (Phi) is 3.05. The van der Waals surface area contributed by atoms with E-state index in [4.69, 9.17) is 15.2 Å². The van der Waals surface area contributed by atoms with Crippen LogP contribution >= 0.6 is 0 Å². The highest BCUT2D eigenvalue weighted by atomic mass is 16.8. The molecule has 2 aliphatic rings. The summed E-state index contributed by atoms with van der Waals surface area (Å²) in [6, 6.07) is -0.681. The number of anilines is 1. The number of nitrogen functional groups attached to an aromatic ring is 1. The van der Waals surface area contributed by atoms with Gasteiger partial charge in [-0.15, -0.1) is 0 Å². The summed E-state index contributed by atoms with van der Waals surface area (Å²) >= 11 is 0. The number of nitrogens with two attached hydrogens (primary N) is 1. The average Bonchev–Trinajstić information content (AvgIpc) is 2.83. The predicted octanol–water partition coefficient (Wildman–Crippen LogP) is -1.12. The number of fused-ring (bicyclic) bond motifs is 1. The number of H-pyrrole nitrogens is 1. The van der Waals surface area contributed by atoms with E-state index < -0.39 is 11.8 Å². The molecule has 5 N–H and O–H groups in total.